The van der Waals surface area contributed by atoms with Gasteiger partial charge in [0, 0.05) is 13.2 Å². The van der Waals surface area contributed by atoms with Gasteiger partial charge in [-0.2, -0.15) is 5.10 Å². The van der Waals surface area contributed by atoms with E-state index in [2.05, 4.69) is 25.1 Å². The molecule has 0 atom stereocenters. The van der Waals surface area contributed by atoms with Crippen molar-refractivity contribution in [2.45, 2.75) is 11.8 Å². The fraction of sp³-hybridized carbons (Fsp3) is 0.150. The van der Waals surface area contributed by atoms with Crippen LogP contribution in [0.25, 0.3) is 11.0 Å². The lowest BCUT2D eigenvalue weighted by Gasteiger charge is -2.15. The van der Waals surface area contributed by atoms with Crippen LogP contribution in [0.5, 0.6) is 5.75 Å². The smallest absolute Gasteiger partial charge is 0.266 e. The second kappa shape index (κ2) is 7.64. The van der Waals surface area contributed by atoms with Gasteiger partial charge in [-0.05, 0) is 36.8 Å². The molecule has 2 heterocycles. The molecule has 4 aromatic rings. The Morgan fingerprint density at radius 3 is 2.37 bits per heavy atom. The third kappa shape index (κ3) is 3.90. The minimum Gasteiger partial charge on any atom is -0.495 e. The van der Waals surface area contributed by atoms with Crippen molar-refractivity contribution in [1.82, 2.24) is 19.7 Å². The van der Waals surface area contributed by atoms with Gasteiger partial charge in [0.05, 0.1) is 30.0 Å². The highest BCUT2D eigenvalue weighted by Gasteiger charge is 2.21. The highest BCUT2D eigenvalue weighted by atomic mass is 32.2. The Hall–Kier alpha value is -3.66. The normalized spacial score (nSPS) is 11.4. The summed E-state index contributed by atoms with van der Waals surface area (Å²) in [6.45, 7) is 1.95. The van der Waals surface area contributed by atoms with Crippen LogP contribution in [0.1, 0.15) is 5.56 Å². The van der Waals surface area contributed by atoms with E-state index in [0.29, 0.717) is 22.5 Å². The van der Waals surface area contributed by atoms with Crippen molar-refractivity contribution in [3.8, 4) is 5.75 Å². The number of benzene rings is 2. The van der Waals surface area contributed by atoms with E-state index in [1.165, 1.54) is 17.1 Å². The Morgan fingerprint density at radius 1 is 1.03 bits per heavy atom. The topological polar surface area (TPSA) is 111 Å². The van der Waals surface area contributed by atoms with Gasteiger partial charge in [0.2, 0.25) is 0 Å². The maximum Gasteiger partial charge on any atom is 0.266 e. The van der Waals surface area contributed by atoms with Crippen molar-refractivity contribution >= 4 is 38.4 Å². The van der Waals surface area contributed by atoms with E-state index in [1.54, 1.807) is 26.3 Å². The zero-order valence-electron chi connectivity index (χ0n) is 16.6. The Morgan fingerprint density at radius 2 is 1.73 bits per heavy atom. The monoisotopic (exact) mass is 424 g/mol. The van der Waals surface area contributed by atoms with Gasteiger partial charge in [-0.3, -0.25) is 9.40 Å². The summed E-state index contributed by atoms with van der Waals surface area (Å²) in [5.41, 5.74) is 2.83. The molecule has 0 unspecified atom stereocenters. The van der Waals surface area contributed by atoms with Crippen molar-refractivity contribution in [2.75, 3.05) is 17.1 Å². The van der Waals surface area contributed by atoms with E-state index in [9.17, 15) is 8.42 Å². The van der Waals surface area contributed by atoms with Gasteiger partial charge in [0.1, 0.15) is 10.6 Å². The van der Waals surface area contributed by atoms with E-state index >= 15 is 0 Å². The summed E-state index contributed by atoms with van der Waals surface area (Å²) in [7, 11) is -0.699. The van der Waals surface area contributed by atoms with Gasteiger partial charge < -0.3 is 10.1 Å². The number of sulfonamides is 1. The Balaban J connectivity index is 1.81. The number of aromatic nitrogens is 4. The molecule has 0 aliphatic heterocycles. The van der Waals surface area contributed by atoms with E-state index < -0.39 is 10.0 Å². The van der Waals surface area contributed by atoms with Crippen LogP contribution in [-0.2, 0) is 17.1 Å². The van der Waals surface area contributed by atoms with E-state index in [-0.39, 0.29) is 16.5 Å². The lowest BCUT2D eigenvalue weighted by molar-refractivity contribution is 0.416. The van der Waals surface area contributed by atoms with Crippen molar-refractivity contribution in [2.24, 2.45) is 7.05 Å². The van der Waals surface area contributed by atoms with Gasteiger partial charge in [-0.1, -0.05) is 18.2 Å². The van der Waals surface area contributed by atoms with E-state index in [1.807, 2.05) is 37.3 Å². The molecule has 0 saturated heterocycles. The summed E-state index contributed by atoms with van der Waals surface area (Å²) in [5.74, 6) is 0.919. The van der Waals surface area contributed by atoms with Gasteiger partial charge in [0.25, 0.3) is 10.0 Å². The molecule has 0 amide bonds. The number of aryl methyl sites for hydroxylation is 2. The second-order valence-electron chi connectivity index (χ2n) is 6.69. The maximum absolute atomic E-state index is 12.8. The van der Waals surface area contributed by atoms with Crippen LogP contribution >= 0.6 is 0 Å². The first kappa shape index (κ1) is 19.6. The molecule has 154 valence electrons. The summed E-state index contributed by atoms with van der Waals surface area (Å²) in [6.07, 6.45) is 2.68. The molecule has 30 heavy (non-hydrogen) atoms. The molecule has 0 spiro atoms. The molecule has 0 fully saturated rings. The fourth-order valence-electron chi connectivity index (χ4n) is 2.93. The van der Waals surface area contributed by atoms with E-state index in [4.69, 9.17) is 4.74 Å². The molecule has 4 rings (SSSR count). The third-order valence-corrected chi connectivity index (χ3v) is 5.69. The van der Waals surface area contributed by atoms with Gasteiger partial charge in [0.15, 0.2) is 11.6 Å². The quantitative estimate of drug-likeness (QED) is 0.489. The molecule has 0 aliphatic carbocycles. The van der Waals surface area contributed by atoms with Crippen molar-refractivity contribution < 1.29 is 13.2 Å². The number of para-hydroxylation sites is 2. The number of methoxy groups -OCH3 is 1. The highest BCUT2D eigenvalue weighted by Crippen LogP contribution is 2.32. The summed E-state index contributed by atoms with van der Waals surface area (Å²) < 4.78 is 35.0. The molecule has 9 nitrogen and oxygen atoms in total. The minimum atomic E-state index is -3.91. The summed E-state index contributed by atoms with van der Waals surface area (Å²) >= 11 is 0. The number of nitrogens with zero attached hydrogens (tertiary/aromatic N) is 4. The maximum atomic E-state index is 12.8. The van der Waals surface area contributed by atoms with Crippen LogP contribution < -0.4 is 14.8 Å². The van der Waals surface area contributed by atoms with Crippen molar-refractivity contribution in [3.05, 3.63) is 60.4 Å². The average Bonchev–Trinajstić information content (AvgIpc) is 3.16. The number of fused-ring (bicyclic) bond motifs is 1. The number of anilines is 3. The van der Waals surface area contributed by atoms with Crippen molar-refractivity contribution in [3.63, 3.8) is 0 Å². The Labute approximate surface area is 173 Å². The largest absolute Gasteiger partial charge is 0.495 e. The predicted molar refractivity (Wildman–Crippen MR) is 115 cm³/mol. The molecule has 2 aromatic heterocycles. The van der Waals surface area contributed by atoms with Crippen molar-refractivity contribution in [1.29, 1.82) is 0 Å². The third-order valence-electron chi connectivity index (χ3n) is 4.40. The Bertz CT molecular complexity index is 1330. The van der Waals surface area contributed by atoms with E-state index in [0.717, 1.165) is 5.56 Å². The van der Waals surface area contributed by atoms with Gasteiger partial charge in [-0.15, -0.1) is 0 Å². The Kier molecular flexibility index (Phi) is 5.00. The number of nitrogens with one attached hydrogen (secondary N) is 2. The first-order valence-electron chi connectivity index (χ1n) is 9.05. The molecule has 0 bridgehead atoms. The van der Waals surface area contributed by atoms with Crippen LogP contribution in [0, 0.1) is 6.92 Å². The zero-order valence-corrected chi connectivity index (χ0v) is 17.4. The van der Waals surface area contributed by atoms with Crippen LogP contribution in [0.15, 0.2) is 59.8 Å². The summed E-state index contributed by atoms with van der Waals surface area (Å²) in [5, 5.41) is 7.08. The van der Waals surface area contributed by atoms with Crippen LogP contribution in [0.4, 0.5) is 17.3 Å². The van der Waals surface area contributed by atoms with Gasteiger partial charge in [-0.25, -0.2) is 18.4 Å². The molecular weight excluding hydrogens is 404 g/mol. The number of hydrogen-bond acceptors (Lipinski definition) is 7. The van der Waals surface area contributed by atoms with Crippen LogP contribution in [0.3, 0.4) is 0 Å². The first-order valence-corrected chi connectivity index (χ1v) is 10.5. The SMILES string of the molecule is COc1ccc(C)cc1Nc1nc2ccccc2nc1NS(=O)(=O)c1cnn(C)c1. The number of ether oxygens (including phenoxy) is 1. The summed E-state index contributed by atoms with van der Waals surface area (Å²) in [4.78, 5) is 9.09. The zero-order chi connectivity index (χ0) is 21.3. The molecule has 0 saturated carbocycles. The molecule has 10 heteroatoms. The first-order chi connectivity index (χ1) is 14.4. The molecule has 0 aliphatic rings. The predicted octanol–water partition coefficient (Wildman–Crippen LogP) is 3.22. The fourth-order valence-corrected chi connectivity index (χ4v) is 3.92. The standard InChI is InChI=1S/C20H20N6O3S/c1-13-8-9-18(29-3)17(10-13)24-19-20(23-16-7-5-4-6-15(16)22-19)25-30(27,28)14-11-21-26(2)12-14/h4-12H,1-3H3,(H,22,24)(H,23,25). The lowest BCUT2D eigenvalue weighted by atomic mass is 10.2. The average molecular weight is 424 g/mol. The molecule has 2 N–H and O–H groups in total. The second-order valence-corrected chi connectivity index (χ2v) is 8.38. The number of rotatable bonds is 6. The lowest BCUT2D eigenvalue weighted by Crippen LogP contribution is -2.15. The van der Waals surface area contributed by atoms with Crippen LogP contribution in [0.2, 0.25) is 0 Å². The minimum absolute atomic E-state index is 0.0269. The van der Waals surface area contributed by atoms with Gasteiger partial charge >= 0.3 is 0 Å². The molecule has 2 aromatic carbocycles. The summed E-state index contributed by atoms with van der Waals surface area (Å²) in [6, 6.07) is 12.9. The molecule has 0 radical (unpaired) electrons. The molecular formula is C20H20N6O3S. The highest BCUT2D eigenvalue weighted by molar-refractivity contribution is 7.92. The van der Waals surface area contributed by atoms with Crippen LogP contribution in [-0.4, -0.2) is 35.3 Å². The number of hydrogen-bond donors (Lipinski definition) is 2.